The van der Waals surface area contributed by atoms with Crippen molar-refractivity contribution in [3.63, 3.8) is 0 Å². The Labute approximate surface area is 220 Å². The predicted octanol–water partition coefficient (Wildman–Crippen LogP) is 4.84. The molecule has 1 aromatic carbocycles. The van der Waals surface area contributed by atoms with Crippen LogP contribution in [-0.2, 0) is 23.9 Å². The van der Waals surface area contributed by atoms with Crippen LogP contribution in [0.3, 0.4) is 0 Å². The van der Waals surface area contributed by atoms with Gasteiger partial charge in [-0.25, -0.2) is 0 Å². The highest BCUT2D eigenvalue weighted by molar-refractivity contribution is 5.77. The molecule has 9 nitrogen and oxygen atoms in total. The van der Waals surface area contributed by atoms with Crippen LogP contribution in [0.5, 0.6) is 11.5 Å². The maximum absolute atomic E-state index is 12.4. The number of carbonyl (C=O) groups excluding carboxylic acids is 3. The van der Waals surface area contributed by atoms with Crippen LogP contribution in [0.2, 0.25) is 0 Å². The van der Waals surface area contributed by atoms with Crippen LogP contribution in [0.15, 0.2) is 18.2 Å². The third kappa shape index (κ3) is 11.3. The summed E-state index contributed by atoms with van der Waals surface area (Å²) >= 11 is 0. The summed E-state index contributed by atoms with van der Waals surface area (Å²) in [4.78, 5) is 48.9. The van der Waals surface area contributed by atoms with Gasteiger partial charge >= 0.3 is 23.9 Å². The van der Waals surface area contributed by atoms with E-state index in [2.05, 4.69) is 0 Å². The van der Waals surface area contributed by atoms with Crippen LogP contribution in [0.1, 0.15) is 92.1 Å². The van der Waals surface area contributed by atoms with Crippen molar-refractivity contribution >= 4 is 23.9 Å². The second-order valence-electron chi connectivity index (χ2n) is 10.5. The van der Waals surface area contributed by atoms with E-state index in [-0.39, 0.29) is 54.5 Å². The third-order valence-corrected chi connectivity index (χ3v) is 5.74. The zero-order valence-corrected chi connectivity index (χ0v) is 23.1. The SMILES string of the molecule is CCCC(C)C(=O)OC(C)CC(c1ccc(OC(=O)CC(C)C)c(OC(=O)CC(C)C)c1)[C@H](N)C(=O)O. The van der Waals surface area contributed by atoms with E-state index < -0.39 is 36.0 Å². The number of carbonyl (C=O) groups is 4. The largest absolute Gasteiger partial charge is 0.480 e. The van der Waals surface area contributed by atoms with Crippen molar-refractivity contribution in [1.29, 1.82) is 0 Å². The molecule has 0 fully saturated rings. The summed E-state index contributed by atoms with van der Waals surface area (Å²) in [6, 6.07) is 3.20. The normalized spacial score (nSPS) is 14.5. The van der Waals surface area contributed by atoms with E-state index in [0.717, 1.165) is 6.42 Å². The minimum atomic E-state index is -1.32. The van der Waals surface area contributed by atoms with E-state index in [1.807, 2.05) is 34.6 Å². The molecule has 1 aromatic rings. The standard InChI is InChI=1S/C28H43NO8/c1-8-9-18(6)28(34)35-19(7)14-21(26(29)27(32)33)20-10-11-22(36-24(30)12-16(2)3)23(15-20)37-25(31)13-17(4)5/h10-11,15-19,21,26H,8-9,12-14,29H2,1-7H3,(H,32,33)/t18?,19?,21?,26-/m0/s1. The summed E-state index contributed by atoms with van der Waals surface area (Å²) < 4.78 is 16.5. The maximum atomic E-state index is 12.4. The number of benzene rings is 1. The highest BCUT2D eigenvalue weighted by Crippen LogP contribution is 2.35. The minimum Gasteiger partial charge on any atom is -0.480 e. The van der Waals surface area contributed by atoms with Crippen LogP contribution in [0, 0.1) is 17.8 Å². The van der Waals surface area contributed by atoms with Crippen molar-refractivity contribution in [3.8, 4) is 11.5 Å². The van der Waals surface area contributed by atoms with E-state index >= 15 is 0 Å². The number of aliphatic carboxylic acids is 1. The van der Waals surface area contributed by atoms with Gasteiger partial charge in [0.1, 0.15) is 6.04 Å². The Kier molecular flexibility index (Phi) is 13.3. The molecule has 0 amide bonds. The van der Waals surface area contributed by atoms with Crippen molar-refractivity contribution in [2.45, 2.75) is 98.6 Å². The zero-order valence-electron chi connectivity index (χ0n) is 23.1. The Morgan fingerprint density at radius 1 is 0.892 bits per heavy atom. The van der Waals surface area contributed by atoms with Gasteiger partial charge in [0, 0.05) is 18.8 Å². The number of nitrogens with two attached hydrogens (primary N) is 1. The molecular weight excluding hydrogens is 478 g/mol. The maximum Gasteiger partial charge on any atom is 0.321 e. The van der Waals surface area contributed by atoms with E-state index in [1.54, 1.807) is 19.9 Å². The fourth-order valence-electron chi connectivity index (χ4n) is 3.85. The molecular formula is C28H43NO8. The number of hydrogen-bond donors (Lipinski definition) is 2. The molecule has 0 bridgehead atoms. The number of rotatable bonds is 15. The highest BCUT2D eigenvalue weighted by atomic mass is 16.6. The fraction of sp³-hybridized carbons (Fsp3) is 0.643. The first-order valence-corrected chi connectivity index (χ1v) is 13.0. The van der Waals surface area contributed by atoms with E-state index in [0.29, 0.717) is 12.0 Å². The molecule has 0 saturated heterocycles. The molecule has 0 radical (unpaired) electrons. The molecule has 9 heteroatoms. The first kappa shape index (κ1) is 32.1. The van der Waals surface area contributed by atoms with Crippen molar-refractivity contribution in [3.05, 3.63) is 23.8 Å². The molecule has 3 unspecified atom stereocenters. The molecule has 0 spiro atoms. The molecule has 0 aliphatic rings. The molecule has 0 aliphatic heterocycles. The number of ether oxygens (including phenoxy) is 3. The number of carboxylic acids is 1. The van der Waals surface area contributed by atoms with E-state index in [1.165, 1.54) is 12.1 Å². The number of carboxylic acid groups (broad SMARTS) is 1. The van der Waals surface area contributed by atoms with Crippen LogP contribution in [0.25, 0.3) is 0 Å². The number of esters is 3. The quantitative estimate of drug-likeness (QED) is 0.245. The molecule has 1 rings (SSSR count). The smallest absolute Gasteiger partial charge is 0.321 e. The lowest BCUT2D eigenvalue weighted by Gasteiger charge is -2.26. The zero-order chi connectivity index (χ0) is 28.3. The van der Waals surface area contributed by atoms with Gasteiger partial charge in [0.15, 0.2) is 11.5 Å². The van der Waals surface area contributed by atoms with Gasteiger partial charge in [-0.2, -0.15) is 0 Å². The van der Waals surface area contributed by atoms with Crippen LogP contribution < -0.4 is 15.2 Å². The van der Waals surface area contributed by atoms with Gasteiger partial charge in [-0.15, -0.1) is 0 Å². The summed E-state index contributed by atoms with van der Waals surface area (Å²) in [5.41, 5.74) is 6.49. The minimum absolute atomic E-state index is 0.00376. The Hall–Kier alpha value is -2.94. The third-order valence-electron chi connectivity index (χ3n) is 5.74. The second kappa shape index (κ2) is 15.3. The van der Waals surface area contributed by atoms with E-state index in [9.17, 15) is 24.3 Å². The van der Waals surface area contributed by atoms with Crippen LogP contribution in [-0.4, -0.2) is 41.1 Å². The fourth-order valence-corrected chi connectivity index (χ4v) is 3.85. The summed E-state index contributed by atoms with van der Waals surface area (Å²) in [5.74, 6) is -3.45. The average Bonchev–Trinajstić information content (AvgIpc) is 2.77. The summed E-state index contributed by atoms with van der Waals surface area (Å²) in [6.07, 6.45) is 1.36. The number of hydrogen-bond acceptors (Lipinski definition) is 8. The molecule has 0 aliphatic carbocycles. The Morgan fingerprint density at radius 3 is 1.92 bits per heavy atom. The molecule has 3 N–H and O–H groups in total. The van der Waals surface area contributed by atoms with Gasteiger partial charge in [0.05, 0.1) is 12.0 Å². The van der Waals surface area contributed by atoms with E-state index in [4.69, 9.17) is 19.9 Å². The summed E-state index contributed by atoms with van der Waals surface area (Å²) in [6.45, 7) is 12.9. The summed E-state index contributed by atoms with van der Waals surface area (Å²) in [7, 11) is 0. The summed E-state index contributed by atoms with van der Waals surface area (Å²) in [5, 5.41) is 9.65. The monoisotopic (exact) mass is 521 g/mol. The molecule has 208 valence electrons. The lowest BCUT2D eigenvalue weighted by molar-refractivity contribution is -0.153. The molecule has 4 atom stereocenters. The molecule has 37 heavy (non-hydrogen) atoms. The molecule has 0 saturated carbocycles. The van der Waals surface area contributed by atoms with Gasteiger partial charge in [0.25, 0.3) is 0 Å². The first-order valence-electron chi connectivity index (χ1n) is 13.0. The highest BCUT2D eigenvalue weighted by Gasteiger charge is 2.30. The van der Waals surface area contributed by atoms with Gasteiger partial charge in [-0.05, 0) is 49.3 Å². The van der Waals surface area contributed by atoms with Crippen LogP contribution >= 0.6 is 0 Å². The molecule has 0 heterocycles. The predicted molar refractivity (Wildman–Crippen MR) is 139 cm³/mol. The molecule has 0 aromatic heterocycles. The first-order chi connectivity index (χ1) is 17.2. The van der Waals surface area contributed by atoms with Gasteiger partial charge in [0.2, 0.25) is 0 Å². The van der Waals surface area contributed by atoms with Gasteiger partial charge in [-0.1, -0.05) is 54.0 Å². The van der Waals surface area contributed by atoms with Crippen molar-refractivity contribution in [1.82, 2.24) is 0 Å². The lowest BCUT2D eigenvalue weighted by atomic mass is 9.87. The van der Waals surface area contributed by atoms with Crippen molar-refractivity contribution in [2.75, 3.05) is 0 Å². The topological polar surface area (TPSA) is 142 Å². The van der Waals surface area contributed by atoms with Crippen molar-refractivity contribution in [2.24, 2.45) is 23.5 Å². The van der Waals surface area contributed by atoms with Gasteiger partial charge < -0.3 is 25.1 Å². The second-order valence-corrected chi connectivity index (χ2v) is 10.5. The Morgan fingerprint density at radius 2 is 1.43 bits per heavy atom. The van der Waals surface area contributed by atoms with Crippen molar-refractivity contribution < 1.29 is 38.5 Å². The lowest BCUT2D eigenvalue weighted by Crippen LogP contribution is -2.38. The average molecular weight is 522 g/mol. The van der Waals surface area contributed by atoms with Gasteiger partial charge in [-0.3, -0.25) is 19.2 Å². The van der Waals surface area contributed by atoms with Crippen LogP contribution in [0.4, 0.5) is 0 Å². The Balaban J connectivity index is 3.32. The Bertz CT molecular complexity index is 927.